The maximum atomic E-state index is 13.5. The van der Waals surface area contributed by atoms with Gasteiger partial charge in [0.15, 0.2) is 0 Å². The molecule has 0 saturated carbocycles. The summed E-state index contributed by atoms with van der Waals surface area (Å²) in [6.07, 6.45) is 3.42. The van der Waals surface area contributed by atoms with Gasteiger partial charge < -0.3 is 45.5 Å². The Bertz CT molecular complexity index is 3760. The number of likely N-dealkylation sites (tertiary alicyclic amines) is 1. The Labute approximate surface area is 515 Å². The van der Waals surface area contributed by atoms with Gasteiger partial charge in [0.05, 0.1) is 49.4 Å². The molecule has 454 valence electrons. The van der Waals surface area contributed by atoms with Crippen molar-refractivity contribution < 1.29 is 47.7 Å². The van der Waals surface area contributed by atoms with Gasteiger partial charge in [-0.15, -0.1) is 0 Å². The minimum atomic E-state index is -0.526. The summed E-state index contributed by atoms with van der Waals surface area (Å²) in [7, 11) is 4.00. The fraction of sp³-hybridized carbons (Fsp3) is 0.260. The number of esters is 3. The Hall–Kier alpha value is -9.86. The number of rotatable bonds is 12. The van der Waals surface area contributed by atoms with Crippen LogP contribution >= 0.6 is 0 Å². The van der Waals surface area contributed by atoms with Crippen molar-refractivity contribution in [1.82, 2.24) is 10.2 Å². The van der Waals surface area contributed by atoms with E-state index in [2.05, 4.69) is 32.8 Å². The number of methoxy groups -OCH3 is 3. The van der Waals surface area contributed by atoms with Crippen LogP contribution in [0.3, 0.4) is 0 Å². The van der Waals surface area contributed by atoms with Crippen LogP contribution in [0.4, 0.5) is 21.9 Å². The van der Waals surface area contributed by atoms with E-state index in [1.165, 1.54) is 26.9 Å². The van der Waals surface area contributed by atoms with E-state index < -0.39 is 23.5 Å². The first-order chi connectivity index (χ1) is 42.3. The van der Waals surface area contributed by atoms with Crippen LogP contribution in [0.2, 0.25) is 0 Å². The van der Waals surface area contributed by atoms with E-state index in [1.54, 1.807) is 35.2 Å². The first-order valence-corrected chi connectivity index (χ1v) is 29.5. The maximum Gasteiger partial charge on any atom is 0.410 e. The van der Waals surface area contributed by atoms with Crippen molar-refractivity contribution in [2.75, 3.05) is 63.9 Å². The molecule has 2 saturated heterocycles. The summed E-state index contributed by atoms with van der Waals surface area (Å²) < 4.78 is 20.0. The molecule has 15 heteroatoms. The number of carbonyl (C=O) groups is 6. The third-order valence-corrected chi connectivity index (χ3v) is 15.6. The molecule has 2 aliphatic heterocycles. The summed E-state index contributed by atoms with van der Waals surface area (Å²) in [6.45, 7) is 12.6. The van der Waals surface area contributed by atoms with Crippen LogP contribution in [0.15, 0.2) is 182 Å². The molecule has 15 nitrogen and oxygen atoms in total. The number of amides is 3. The van der Waals surface area contributed by atoms with Gasteiger partial charge in [0, 0.05) is 29.9 Å². The molecular formula is C73H77N5O10. The summed E-state index contributed by atoms with van der Waals surface area (Å²) in [6, 6.07) is 57.5. The standard InChI is InChI=1S/C32H36N2O5.C27H28N2O3.C14H13NO2/c1-21-11-12-24(23-15-17-34(18-16-23)31(37)39-32(2,3)4)19-27(21)29(35)33-28-20-25(22-9-7-6-8-10-22)13-14-26(28)30(36)38-5;1-18-8-9-21(20-12-14-28-15-13-20)16-24(18)26(30)29-25-17-22(19-6-4-3-5-7-19)10-11-23(25)27(31)32-2;1-17-14(16)12-8-7-11(9-13(12)15)10-5-3-2-4-6-10/h6-14,19-20,23H,15-18H2,1-5H3,(H,33,35);3-11,16-17,20,28H,12-15H2,1-2H3,(H,29,30);2-9H,15H2,1H3. The molecule has 2 fully saturated rings. The molecule has 2 heterocycles. The number of ether oxygens (including phenoxy) is 4. The summed E-state index contributed by atoms with van der Waals surface area (Å²) in [5.74, 6) is -1.27. The number of hydrogen-bond acceptors (Lipinski definition) is 12. The van der Waals surface area contributed by atoms with E-state index in [9.17, 15) is 28.8 Å². The monoisotopic (exact) mass is 1180 g/mol. The van der Waals surface area contributed by atoms with Crippen molar-refractivity contribution in [3.05, 3.63) is 232 Å². The van der Waals surface area contributed by atoms with Gasteiger partial charge in [-0.2, -0.15) is 0 Å². The van der Waals surface area contributed by atoms with Crippen LogP contribution in [0.25, 0.3) is 33.4 Å². The van der Waals surface area contributed by atoms with Gasteiger partial charge >= 0.3 is 24.0 Å². The van der Waals surface area contributed by atoms with E-state index in [0.717, 1.165) is 88.8 Å². The molecule has 8 aromatic rings. The van der Waals surface area contributed by atoms with Crippen molar-refractivity contribution >= 4 is 52.9 Å². The van der Waals surface area contributed by atoms with Crippen LogP contribution in [-0.4, -0.2) is 93.8 Å². The Kier molecular flexibility index (Phi) is 21.9. The Morgan fingerprint density at radius 3 is 1.22 bits per heavy atom. The van der Waals surface area contributed by atoms with Crippen LogP contribution < -0.4 is 21.7 Å². The fourth-order valence-electron chi connectivity index (χ4n) is 10.7. The number of aryl methyl sites for hydroxylation is 2. The molecular weight excluding hydrogens is 1110 g/mol. The van der Waals surface area contributed by atoms with Crippen molar-refractivity contribution in [3.63, 3.8) is 0 Å². The zero-order valence-corrected chi connectivity index (χ0v) is 51.2. The number of hydrogen-bond donors (Lipinski definition) is 4. The Balaban J connectivity index is 0.000000183. The second kappa shape index (κ2) is 30.0. The second-order valence-corrected chi connectivity index (χ2v) is 22.7. The summed E-state index contributed by atoms with van der Waals surface area (Å²) in [4.78, 5) is 77.2. The Morgan fingerprint density at radius 1 is 0.455 bits per heavy atom. The van der Waals surface area contributed by atoms with Crippen LogP contribution in [0.1, 0.15) is 132 Å². The zero-order chi connectivity index (χ0) is 62.9. The maximum absolute atomic E-state index is 13.5. The molecule has 10 rings (SSSR count). The topological polar surface area (TPSA) is 205 Å². The normalized spacial score (nSPS) is 13.2. The van der Waals surface area contributed by atoms with E-state index in [1.807, 2.05) is 174 Å². The van der Waals surface area contributed by atoms with Crippen molar-refractivity contribution in [3.8, 4) is 33.4 Å². The summed E-state index contributed by atoms with van der Waals surface area (Å²) in [5, 5.41) is 9.31. The molecule has 0 bridgehead atoms. The molecule has 0 aliphatic carbocycles. The second-order valence-electron chi connectivity index (χ2n) is 22.7. The first kappa shape index (κ1) is 64.1. The number of nitrogens with two attached hydrogens (primary N) is 1. The third-order valence-electron chi connectivity index (χ3n) is 15.6. The van der Waals surface area contributed by atoms with Crippen LogP contribution in [0, 0.1) is 13.8 Å². The zero-order valence-electron chi connectivity index (χ0n) is 51.2. The fourth-order valence-corrected chi connectivity index (χ4v) is 10.7. The molecule has 8 aromatic carbocycles. The third kappa shape index (κ3) is 16.8. The molecule has 0 aromatic heterocycles. The molecule has 2 aliphatic rings. The van der Waals surface area contributed by atoms with Crippen molar-refractivity contribution in [1.29, 1.82) is 0 Å². The van der Waals surface area contributed by atoms with Crippen LogP contribution in [-0.2, 0) is 18.9 Å². The van der Waals surface area contributed by atoms with Gasteiger partial charge in [0.2, 0.25) is 0 Å². The predicted octanol–water partition coefficient (Wildman–Crippen LogP) is 14.7. The molecule has 0 atom stereocenters. The molecule has 0 radical (unpaired) electrons. The van der Waals surface area contributed by atoms with E-state index >= 15 is 0 Å². The number of nitrogens with zero attached hydrogens (tertiary/aromatic N) is 1. The number of anilines is 3. The summed E-state index contributed by atoms with van der Waals surface area (Å²) >= 11 is 0. The highest BCUT2D eigenvalue weighted by atomic mass is 16.6. The quantitative estimate of drug-likeness (QED) is 0.0512. The number of carbonyl (C=O) groups excluding carboxylic acids is 6. The van der Waals surface area contributed by atoms with Gasteiger partial charge in [-0.1, -0.05) is 133 Å². The number of nitrogen functional groups attached to an aromatic ring is 1. The highest BCUT2D eigenvalue weighted by Gasteiger charge is 2.29. The van der Waals surface area contributed by atoms with E-state index in [4.69, 9.17) is 19.9 Å². The van der Waals surface area contributed by atoms with E-state index in [-0.39, 0.29) is 29.4 Å². The highest BCUT2D eigenvalue weighted by Crippen LogP contribution is 2.34. The van der Waals surface area contributed by atoms with Crippen molar-refractivity contribution in [2.24, 2.45) is 0 Å². The Morgan fingerprint density at radius 2 is 0.830 bits per heavy atom. The summed E-state index contributed by atoms with van der Waals surface area (Å²) in [5.41, 5.74) is 18.5. The van der Waals surface area contributed by atoms with Gasteiger partial charge in [-0.05, 0) is 189 Å². The largest absolute Gasteiger partial charge is 0.465 e. The minimum Gasteiger partial charge on any atom is -0.465 e. The lowest BCUT2D eigenvalue weighted by molar-refractivity contribution is 0.0204. The lowest BCUT2D eigenvalue weighted by Gasteiger charge is -2.33. The highest BCUT2D eigenvalue weighted by molar-refractivity contribution is 6.10. The van der Waals surface area contributed by atoms with Gasteiger partial charge in [0.1, 0.15) is 5.60 Å². The molecule has 0 unspecified atom stereocenters. The SMILES string of the molecule is COC(=O)c1ccc(-c2ccccc2)cc1N.COC(=O)c1ccc(-c2ccccc2)cc1NC(=O)c1cc(C2CCN(C(=O)OC(C)(C)C)CC2)ccc1C.COC(=O)c1ccc(-c2ccccc2)cc1NC(=O)c1cc(C2CCNCC2)ccc1C. The molecule has 5 N–H and O–H groups in total. The molecule has 3 amide bonds. The lowest BCUT2D eigenvalue weighted by Crippen LogP contribution is -2.41. The van der Waals surface area contributed by atoms with E-state index in [0.29, 0.717) is 58.3 Å². The average molecular weight is 1180 g/mol. The minimum absolute atomic E-state index is 0.225. The number of piperidine rings is 2. The van der Waals surface area contributed by atoms with Crippen molar-refractivity contribution in [2.45, 2.75) is 77.7 Å². The lowest BCUT2D eigenvalue weighted by atomic mass is 9.87. The van der Waals surface area contributed by atoms with Crippen LogP contribution in [0.5, 0.6) is 0 Å². The predicted molar refractivity (Wildman–Crippen MR) is 347 cm³/mol. The van der Waals surface area contributed by atoms with Gasteiger partial charge in [-0.25, -0.2) is 19.2 Å². The number of nitrogens with one attached hydrogen (secondary N) is 3. The first-order valence-electron chi connectivity index (χ1n) is 29.5. The van der Waals surface area contributed by atoms with Gasteiger partial charge in [0.25, 0.3) is 11.8 Å². The molecule has 0 spiro atoms. The van der Waals surface area contributed by atoms with Gasteiger partial charge in [-0.3, -0.25) is 9.59 Å². The number of benzene rings is 8. The smallest absolute Gasteiger partial charge is 0.410 e. The molecule has 88 heavy (non-hydrogen) atoms. The average Bonchev–Trinajstić information content (AvgIpc) is 3.56.